The molecular formula is C38H65N3O18S. The van der Waals surface area contributed by atoms with Crippen molar-refractivity contribution in [2.24, 2.45) is 17.8 Å². The first-order valence-corrected chi connectivity index (χ1v) is 22.5. The van der Waals surface area contributed by atoms with E-state index in [-0.39, 0.29) is 51.1 Å². The molecule has 21 nitrogen and oxygen atoms in total. The van der Waals surface area contributed by atoms with Gasteiger partial charge in [0.15, 0.2) is 18.7 Å². The maximum absolute atomic E-state index is 13.7. The molecule has 0 aromatic heterocycles. The molecule has 2 saturated heterocycles. The number of ether oxygens (including phenoxy) is 5. The maximum Gasteiger partial charge on any atom is 0.332 e. The molecule has 22 heteroatoms. The van der Waals surface area contributed by atoms with Gasteiger partial charge in [-0.3, -0.25) is 18.9 Å². The quantitative estimate of drug-likeness (QED) is 0.0482. The van der Waals surface area contributed by atoms with Crippen molar-refractivity contribution < 1.29 is 86.5 Å². The van der Waals surface area contributed by atoms with Gasteiger partial charge in [-0.05, 0) is 44.4 Å². The van der Waals surface area contributed by atoms with Crippen LogP contribution in [0.1, 0.15) is 91.4 Å². The highest BCUT2D eigenvalue weighted by atomic mass is 32.2. The predicted octanol–water partition coefficient (Wildman–Crippen LogP) is -1.69. The Kier molecular flexibility index (Phi) is 19.3. The lowest BCUT2D eigenvalue weighted by Gasteiger charge is -2.49. The van der Waals surface area contributed by atoms with Crippen LogP contribution in [0.25, 0.3) is 0 Å². The van der Waals surface area contributed by atoms with Crippen molar-refractivity contribution in [1.29, 1.82) is 0 Å². The number of carboxylic acid groups (broad SMARTS) is 1. The number of aliphatic hydroxyl groups excluding tert-OH is 5. The molecule has 346 valence electrons. The van der Waals surface area contributed by atoms with Crippen molar-refractivity contribution in [2.75, 3.05) is 25.4 Å². The molecular weight excluding hydrogens is 818 g/mol. The number of rotatable bonds is 20. The van der Waals surface area contributed by atoms with Gasteiger partial charge in [-0.2, -0.15) is 8.42 Å². The SMILES string of the molecule is CCC1CC(C(=O)NCCNC(=O)CCCS(=O)(=O)O)C[C@@H](O[C@@H]2O[C@@H](CO)[C@H](O)C(O[C@@H](CC3CCCCC3)C(=O)O)C2NC(C)=O)[C@@H]1O[C@@H]1OC(C)[C@@H](O)[C@H](O)C1O. The summed E-state index contributed by atoms with van der Waals surface area (Å²) in [5.41, 5.74) is 0. The Morgan fingerprint density at radius 1 is 0.867 bits per heavy atom. The van der Waals surface area contributed by atoms with Crippen molar-refractivity contribution in [1.82, 2.24) is 16.0 Å². The van der Waals surface area contributed by atoms with E-state index in [1.54, 1.807) is 0 Å². The Hall–Kier alpha value is -2.61. The molecule has 2 aliphatic heterocycles. The van der Waals surface area contributed by atoms with E-state index in [4.69, 9.17) is 28.2 Å². The summed E-state index contributed by atoms with van der Waals surface area (Å²) < 4.78 is 61.6. The normalized spacial score (nSPS) is 35.9. The minimum atomic E-state index is -4.22. The minimum Gasteiger partial charge on any atom is -0.479 e. The van der Waals surface area contributed by atoms with Crippen molar-refractivity contribution in [3.63, 3.8) is 0 Å². The number of aliphatic hydroxyl groups is 5. The molecule has 4 fully saturated rings. The van der Waals surface area contributed by atoms with E-state index in [0.29, 0.717) is 6.42 Å². The van der Waals surface area contributed by atoms with Crippen LogP contribution >= 0.6 is 0 Å². The molecule has 0 aromatic carbocycles. The zero-order valence-electron chi connectivity index (χ0n) is 34.4. The van der Waals surface area contributed by atoms with Crippen LogP contribution in [0.15, 0.2) is 0 Å². The van der Waals surface area contributed by atoms with Gasteiger partial charge >= 0.3 is 5.97 Å². The van der Waals surface area contributed by atoms with Gasteiger partial charge in [0.1, 0.15) is 42.7 Å². The molecule has 3 amide bonds. The molecule has 60 heavy (non-hydrogen) atoms. The van der Waals surface area contributed by atoms with Gasteiger partial charge in [-0.15, -0.1) is 0 Å². The third kappa shape index (κ3) is 14.2. The van der Waals surface area contributed by atoms with Crippen LogP contribution < -0.4 is 16.0 Å². The highest BCUT2D eigenvalue weighted by Gasteiger charge is 2.53. The molecule has 0 radical (unpaired) electrons. The van der Waals surface area contributed by atoms with Crippen LogP contribution in [0, 0.1) is 17.8 Å². The average Bonchev–Trinajstić information content (AvgIpc) is 3.19. The lowest BCUT2D eigenvalue weighted by molar-refractivity contribution is -0.338. The van der Waals surface area contributed by atoms with Gasteiger partial charge in [0, 0.05) is 32.4 Å². The van der Waals surface area contributed by atoms with E-state index in [1.165, 1.54) is 13.8 Å². The van der Waals surface area contributed by atoms with Crippen LogP contribution in [0.2, 0.25) is 0 Å². The highest BCUT2D eigenvalue weighted by molar-refractivity contribution is 7.85. The van der Waals surface area contributed by atoms with Crippen molar-refractivity contribution in [3.8, 4) is 0 Å². The molecule has 4 rings (SSSR count). The molecule has 0 aromatic rings. The third-order valence-corrected chi connectivity index (χ3v) is 12.7. The van der Waals surface area contributed by atoms with Crippen LogP contribution in [-0.2, 0) is 53.0 Å². The molecule has 6 unspecified atom stereocenters. The summed E-state index contributed by atoms with van der Waals surface area (Å²) >= 11 is 0. The lowest BCUT2D eigenvalue weighted by Crippen LogP contribution is -2.67. The number of carboxylic acids is 1. The molecule has 10 N–H and O–H groups in total. The smallest absolute Gasteiger partial charge is 0.332 e. The van der Waals surface area contributed by atoms with Crippen LogP contribution in [-0.4, -0.2) is 172 Å². The fraction of sp³-hybridized carbons (Fsp3) is 0.895. The standard InChI is InChI=1S/C38H65N3O18S/c1-4-22-16-23(35(49)40-13-12-39-27(44)11-8-14-60(52,53)54)17-24(33(22)59-38-32(48)31(47)29(45)19(2)55-38)57-37-28(41-20(3)43)34(30(46)26(18-42)58-37)56-25(36(50)51)15-21-9-6-5-7-10-21/h19,21-26,28-34,37-38,42,45-48H,4-18H2,1-3H3,(H,39,44)(H,40,49)(H,41,43)(H,50,51)(H,52,53,54)/t19?,22?,23?,24-,25+,26+,28?,29-,30+,31+,32?,33-,34?,37-,38+/m1/s1. The van der Waals surface area contributed by atoms with Gasteiger partial charge in [-0.25, -0.2) is 4.79 Å². The van der Waals surface area contributed by atoms with Crippen LogP contribution in [0.4, 0.5) is 0 Å². The Bertz CT molecular complexity index is 1520. The van der Waals surface area contributed by atoms with Gasteiger partial charge in [-0.1, -0.05) is 45.4 Å². The zero-order chi connectivity index (χ0) is 44.3. The summed E-state index contributed by atoms with van der Waals surface area (Å²) in [6.07, 6.45) is -11.7. The van der Waals surface area contributed by atoms with Crippen molar-refractivity contribution in [3.05, 3.63) is 0 Å². The monoisotopic (exact) mass is 883 g/mol. The van der Waals surface area contributed by atoms with Crippen LogP contribution in [0.5, 0.6) is 0 Å². The summed E-state index contributed by atoms with van der Waals surface area (Å²) in [4.78, 5) is 51.1. The molecule has 0 spiro atoms. The zero-order valence-corrected chi connectivity index (χ0v) is 35.2. The largest absolute Gasteiger partial charge is 0.479 e. The minimum absolute atomic E-state index is 0.00113. The molecule has 2 heterocycles. The van der Waals surface area contributed by atoms with Gasteiger partial charge in [0.25, 0.3) is 10.1 Å². The third-order valence-electron chi connectivity index (χ3n) is 11.9. The number of hydrogen-bond acceptors (Lipinski definition) is 16. The number of nitrogens with one attached hydrogen (secondary N) is 3. The summed E-state index contributed by atoms with van der Waals surface area (Å²) in [6.45, 7) is 3.76. The summed E-state index contributed by atoms with van der Waals surface area (Å²) in [7, 11) is -4.22. The second-order valence-corrected chi connectivity index (χ2v) is 18.0. The predicted molar refractivity (Wildman–Crippen MR) is 207 cm³/mol. The molecule has 2 saturated carbocycles. The van der Waals surface area contributed by atoms with E-state index < -0.39 is 138 Å². The van der Waals surface area contributed by atoms with Crippen molar-refractivity contribution >= 4 is 33.8 Å². The highest BCUT2D eigenvalue weighted by Crippen LogP contribution is 2.40. The molecule has 4 aliphatic rings. The second-order valence-electron chi connectivity index (χ2n) is 16.4. The lowest BCUT2D eigenvalue weighted by atomic mass is 9.75. The number of carbonyl (C=O) groups is 4. The van der Waals surface area contributed by atoms with Gasteiger partial charge < -0.3 is 70.3 Å². The average molecular weight is 884 g/mol. The number of carbonyl (C=O) groups excluding carboxylic acids is 3. The van der Waals surface area contributed by atoms with Crippen LogP contribution in [0.3, 0.4) is 0 Å². The van der Waals surface area contributed by atoms with Gasteiger partial charge in [0.2, 0.25) is 17.7 Å². The first kappa shape index (κ1) is 50.0. The first-order valence-electron chi connectivity index (χ1n) is 20.9. The maximum atomic E-state index is 13.7. The Balaban J connectivity index is 1.59. The molecule has 15 atom stereocenters. The topological polar surface area (TPSA) is 326 Å². The van der Waals surface area contributed by atoms with E-state index in [0.717, 1.165) is 32.1 Å². The molecule has 2 aliphatic carbocycles. The number of amides is 3. The summed E-state index contributed by atoms with van der Waals surface area (Å²) in [5, 5.41) is 71.8. The molecule has 0 bridgehead atoms. The van der Waals surface area contributed by atoms with E-state index in [9.17, 15) is 58.2 Å². The van der Waals surface area contributed by atoms with E-state index in [1.807, 2.05) is 6.92 Å². The number of hydrogen-bond donors (Lipinski definition) is 10. The Labute approximate surface area is 349 Å². The summed E-state index contributed by atoms with van der Waals surface area (Å²) in [6, 6.07) is -1.35. The second kappa shape index (κ2) is 23.2. The fourth-order valence-corrected chi connectivity index (χ4v) is 9.12. The van der Waals surface area contributed by atoms with E-state index in [2.05, 4.69) is 16.0 Å². The van der Waals surface area contributed by atoms with E-state index >= 15 is 0 Å². The van der Waals surface area contributed by atoms with Crippen molar-refractivity contribution in [2.45, 2.75) is 171 Å². The fourth-order valence-electron chi connectivity index (χ4n) is 8.61. The first-order chi connectivity index (χ1) is 28.3. The Morgan fingerprint density at radius 3 is 2.17 bits per heavy atom. The number of aliphatic carboxylic acids is 1. The Morgan fingerprint density at radius 2 is 1.55 bits per heavy atom. The summed E-state index contributed by atoms with van der Waals surface area (Å²) in [5.74, 6) is -4.56. The van der Waals surface area contributed by atoms with Gasteiger partial charge in [0.05, 0.1) is 30.7 Å².